The molecule has 110 valence electrons. The van der Waals surface area contributed by atoms with Gasteiger partial charge in [-0.2, -0.15) is 0 Å². The maximum atomic E-state index is 12.1. The first-order valence-electron chi connectivity index (χ1n) is 6.92. The van der Waals surface area contributed by atoms with Crippen molar-refractivity contribution in [1.82, 2.24) is 9.88 Å². The van der Waals surface area contributed by atoms with Gasteiger partial charge in [-0.05, 0) is 32.9 Å². The molecule has 5 heteroatoms. The van der Waals surface area contributed by atoms with E-state index < -0.39 is 0 Å². The van der Waals surface area contributed by atoms with Crippen molar-refractivity contribution in [3.63, 3.8) is 0 Å². The van der Waals surface area contributed by atoms with Crippen LogP contribution in [-0.2, 0) is 20.9 Å². The summed E-state index contributed by atoms with van der Waals surface area (Å²) < 4.78 is 4.82. The van der Waals surface area contributed by atoms with Crippen LogP contribution in [0.1, 0.15) is 38.1 Å². The molecule has 5 nitrogen and oxygen atoms in total. The number of hydrogen-bond donors (Lipinski definition) is 0. The minimum absolute atomic E-state index is 0.0520. The number of carbonyl (C=O) groups is 2. The number of hydrogen-bond acceptors (Lipinski definition) is 4. The van der Waals surface area contributed by atoms with Crippen LogP contribution in [-0.4, -0.2) is 34.9 Å². The van der Waals surface area contributed by atoms with Crippen molar-refractivity contribution in [2.24, 2.45) is 0 Å². The highest BCUT2D eigenvalue weighted by Gasteiger charge is 2.15. The van der Waals surface area contributed by atoms with E-state index >= 15 is 0 Å². The van der Waals surface area contributed by atoms with Crippen LogP contribution in [0, 0.1) is 6.92 Å². The average molecular weight is 278 g/mol. The fourth-order valence-electron chi connectivity index (χ4n) is 1.86. The van der Waals surface area contributed by atoms with Gasteiger partial charge in [-0.3, -0.25) is 14.6 Å². The molecule has 0 N–H and O–H groups in total. The number of amides is 1. The van der Waals surface area contributed by atoms with Crippen LogP contribution >= 0.6 is 0 Å². The van der Waals surface area contributed by atoms with Crippen LogP contribution in [0.15, 0.2) is 18.2 Å². The first-order chi connectivity index (χ1) is 9.56. The minimum atomic E-state index is -0.328. The van der Waals surface area contributed by atoms with Gasteiger partial charge in [0.2, 0.25) is 5.91 Å². The molecule has 0 unspecified atom stereocenters. The van der Waals surface area contributed by atoms with Gasteiger partial charge in [0.1, 0.15) is 0 Å². The van der Waals surface area contributed by atoms with Crippen LogP contribution in [0.5, 0.6) is 0 Å². The Labute approximate surface area is 119 Å². The van der Waals surface area contributed by atoms with Crippen LogP contribution in [0.3, 0.4) is 0 Å². The van der Waals surface area contributed by atoms with E-state index in [1.54, 1.807) is 11.8 Å². The van der Waals surface area contributed by atoms with Gasteiger partial charge < -0.3 is 9.64 Å². The first-order valence-corrected chi connectivity index (χ1v) is 6.92. The third-order valence-electron chi connectivity index (χ3n) is 2.88. The number of pyridine rings is 1. The van der Waals surface area contributed by atoms with Gasteiger partial charge in [0, 0.05) is 18.7 Å². The Balaban J connectivity index is 2.53. The number of nitrogens with zero attached hydrogens (tertiary/aromatic N) is 2. The summed E-state index contributed by atoms with van der Waals surface area (Å²) >= 11 is 0. The van der Waals surface area contributed by atoms with Crippen LogP contribution in [0.4, 0.5) is 0 Å². The zero-order valence-corrected chi connectivity index (χ0v) is 12.4. The Bertz CT molecular complexity index is 460. The maximum Gasteiger partial charge on any atom is 0.306 e. The SMILES string of the molecule is CCOC(=O)CCC(=O)N(CC)Cc1cccc(C)n1. The van der Waals surface area contributed by atoms with E-state index in [9.17, 15) is 9.59 Å². The molecule has 20 heavy (non-hydrogen) atoms. The fourth-order valence-corrected chi connectivity index (χ4v) is 1.86. The number of aryl methyl sites for hydroxylation is 1. The summed E-state index contributed by atoms with van der Waals surface area (Å²) in [5, 5.41) is 0. The number of aromatic nitrogens is 1. The fraction of sp³-hybridized carbons (Fsp3) is 0.533. The summed E-state index contributed by atoms with van der Waals surface area (Å²) in [5.41, 5.74) is 1.79. The van der Waals surface area contributed by atoms with Crippen molar-refractivity contribution in [2.75, 3.05) is 13.2 Å². The van der Waals surface area contributed by atoms with Gasteiger partial charge in [0.25, 0.3) is 0 Å². The molecule has 0 atom stereocenters. The molecule has 0 aliphatic rings. The molecule has 0 bridgehead atoms. The second-order valence-corrected chi connectivity index (χ2v) is 4.48. The van der Waals surface area contributed by atoms with E-state index in [0.29, 0.717) is 19.7 Å². The second kappa shape index (κ2) is 8.30. The van der Waals surface area contributed by atoms with Crippen molar-refractivity contribution >= 4 is 11.9 Å². The summed E-state index contributed by atoms with van der Waals surface area (Å²) in [6.07, 6.45) is 0.308. The Morgan fingerprint density at radius 3 is 2.60 bits per heavy atom. The highest BCUT2D eigenvalue weighted by molar-refractivity contribution is 5.81. The van der Waals surface area contributed by atoms with Gasteiger partial charge >= 0.3 is 5.97 Å². The van der Waals surface area contributed by atoms with Crippen LogP contribution in [0.25, 0.3) is 0 Å². The van der Waals surface area contributed by atoms with Crippen molar-refractivity contribution in [3.8, 4) is 0 Å². The lowest BCUT2D eigenvalue weighted by molar-refractivity contribution is -0.145. The summed E-state index contributed by atoms with van der Waals surface area (Å²) in [4.78, 5) is 29.4. The molecule has 1 aromatic heterocycles. The van der Waals surface area contributed by atoms with Gasteiger partial charge in [0.15, 0.2) is 0 Å². The Morgan fingerprint density at radius 2 is 2.00 bits per heavy atom. The largest absolute Gasteiger partial charge is 0.466 e. The standard InChI is InChI=1S/C15H22N2O3/c1-4-17(11-13-8-6-7-12(3)16-13)14(18)9-10-15(19)20-5-2/h6-8H,4-5,9-11H2,1-3H3. The molecule has 0 aromatic carbocycles. The normalized spacial score (nSPS) is 10.2. The predicted molar refractivity (Wildman–Crippen MR) is 75.9 cm³/mol. The van der Waals surface area contributed by atoms with Crippen LogP contribution in [0.2, 0.25) is 0 Å². The molecule has 1 amide bonds. The average Bonchev–Trinajstić information content (AvgIpc) is 2.42. The number of rotatable bonds is 7. The molecule has 0 radical (unpaired) electrons. The summed E-state index contributed by atoms with van der Waals surface area (Å²) in [6.45, 7) is 7.00. The Hall–Kier alpha value is -1.91. The molecular formula is C15H22N2O3. The van der Waals surface area contributed by atoms with Crippen LogP contribution < -0.4 is 0 Å². The minimum Gasteiger partial charge on any atom is -0.466 e. The smallest absolute Gasteiger partial charge is 0.306 e. The van der Waals surface area contributed by atoms with E-state index in [4.69, 9.17) is 4.74 Å². The highest BCUT2D eigenvalue weighted by Crippen LogP contribution is 2.06. The van der Waals surface area contributed by atoms with E-state index in [1.165, 1.54) is 0 Å². The van der Waals surface area contributed by atoms with Crippen molar-refractivity contribution in [1.29, 1.82) is 0 Å². The molecule has 0 saturated heterocycles. The van der Waals surface area contributed by atoms with Crippen molar-refractivity contribution in [3.05, 3.63) is 29.6 Å². The van der Waals surface area contributed by atoms with E-state index in [2.05, 4.69) is 4.98 Å². The topological polar surface area (TPSA) is 59.5 Å². The van der Waals surface area contributed by atoms with Gasteiger partial charge in [-0.1, -0.05) is 6.07 Å². The molecule has 1 rings (SSSR count). The molecule has 0 aliphatic heterocycles. The maximum absolute atomic E-state index is 12.1. The number of esters is 1. The molecule has 1 heterocycles. The Morgan fingerprint density at radius 1 is 1.25 bits per heavy atom. The van der Waals surface area contributed by atoms with Gasteiger partial charge in [0.05, 0.1) is 25.3 Å². The third-order valence-corrected chi connectivity index (χ3v) is 2.88. The van der Waals surface area contributed by atoms with Crippen molar-refractivity contribution in [2.45, 2.75) is 40.2 Å². The lowest BCUT2D eigenvalue weighted by Crippen LogP contribution is -2.31. The van der Waals surface area contributed by atoms with Crippen molar-refractivity contribution < 1.29 is 14.3 Å². The Kier molecular flexibility index (Phi) is 6.70. The molecule has 0 aliphatic carbocycles. The highest BCUT2D eigenvalue weighted by atomic mass is 16.5. The van der Waals surface area contributed by atoms with E-state index in [0.717, 1.165) is 11.4 Å². The monoisotopic (exact) mass is 278 g/mol. The second-order valence-electron chi connectivity index (χ2n) is 4.48. The number of carbonyl (C=O) groups excluding carboxylic acids is 2. The molecule has 0 spiro atoms. The first kappa shape index (κ1) is 16.1. The van der Waals surface area contributed by atoms with E-state index in [-0.39, 0.29) is 24.7 Å². The quantitative estimate of drug-likeness (QED) is 0.716. The third kappa shape index (κ3) is 5.38. The summed E-state index contributed by atoms with van der Waals surface area (Å²) in [5.74, 6) is -0.380. The van der Waals surface area contributed by atoms with Gasteiger partial charge in [-0.15, -0.1) is 0 Å². The summed E-state index contributed by atoms with van der Waals surface area (Å²) in [6, 6.07) is 5.74. The zero-order valence-electron chi connectivity index (χ0n) is 12.4. The lowest BCUT2D eigenvalue weighted by Gasteiger charge is -2.20. The zero-order chi connectivity index (χ0) is 15.0. The molecule has 0 saturated carbocycles. The predicted octanol–water partition coefficient (Wildman–Crippen LogP) is 2.08. The van der Waals surface area contributed by atoms with E-state index in [1.807, 2.05) is 32.0 Å². The summed E-state index contributed by atoms with van der Waals surface area (Å²) in [7, 11) is 0. The molecular weight excluding hydrogens is 256 g/mol. The lowest BCUT2D eigenvalue weighted by atomic mass is 10.2. The number of ether oxygens (including phenoxy) is 1. The molecule has 1 aromatic rings. The molecule has 0 fully saturated rings. The van der Waals surface area contributed by atoms with Gasteiger partial charge in [-0.25, -0.2) is 0 Å².